The highest BCUT2D eigenvalue weighted by Gasteiger charge is 2.36. The maximum Gasteiger partial charge on any atom is 0.274 e. The van der Waals surface area contributed by atoms with Crippen LogP contribution in [0.2, 0.25) is 10.2 Å². The molecule has 0 radical (unpaired) electrons. The summed E-state index contributed by atoms with van der Waals surface area (Å²) in [7, 11) is 3.19. The number of hydrogen-bond donors (Lipinski definition) is 0. The largest absolute Gasteiger partial charge is 0.377 e. The summed E-state index contributed by atoms with van der Waals surface area (Å²) in [5, 5.41) is 0.516. The minimum Gasteiger partial charge on any atom is -0.377 e. The molecule has 0 spiro atoms. The first kappa shape index (κ1) is 14.5. The fraction of sp³-hybridized carbons (Fsp3) is 0.500. The summed E-state index contributed by atoms with van der Waals surface area (Å²) in [5.41, 5.74) is 0.153. The topological polar surface area (TPSA) is 51.7 Å². The van der Waals surface area contributed by atoms with Gasteiger partial charge in [0.2, 0.25) is 0 Å². The van der Waals surface area contributed by atoms with Crippen molar-refractivity contribution >= 4 is 29.1 Å². The third kappa shape index (κ3) is 3.00. The molecule has 1 aromatic heterocycles. The summed E-state index contributed by atoms with van der Waals surface area (Å²) in [6, 6.07) is 3.10. The first-order chi connectivity index (χ1) is 9.06. The summed E-state index contributed by atoms with van der Waals surface area (Å²) in [5.74, 6) is -0.269. The smallest absolute Gasteiger partial charge is 0.274 e. The van der Waals surface area contributed by atoms with Crippen LogP contribution in [0.25, 0.3) is 0 Å². The number of ether oxygens (including phenoxy) is 2. The van der Waals surface area contributed by atoms with Gasteiger partial charge in [-0.1, -0.05) is 23.2 Å². The molecule has 1 amide bonds. The molecule has 0 saturated carbocycles. The van der Waals surface area contributed by atoms with Crippen LogP contribution in [0.15, 0.2) is 12.1 Å². The van der Waals surface area contributed by atoms with Crippen molar-refractivity contribution in [2.45, 2.75) is 12.2 Å². The molecule has 1 fully saturated rings. The summed E-state index contributed by atoms with van der Waals surface area (Å²) < 4.78 is 10.6. The molecule has 2 rings (SSSR count). The highest BCUT2D eigenvalue weighted by molar-refractivity contribution is 6.34. The van der Waals surface area contributed by atoms with Crippen molar-refractivity contribution in [2.24, 2.45) is 0 Å². The molecular weight excluding hydrogens is 291 g/mol. The average molecular weight is 305 g/mol. The van der Waals surface area contributed by atoms with E-state index in [1.807, 2.05) is 0 Å². The maximum atomic E-state index is 12.4. The number of aromatic nitrogens is 1. The Labute approximate surface area is 121 Å². The molecule has 0 aliphatic carbocycles. The molecule has 19 heavy (non-hydrogen) atoms. The van der Waals surface area contributed by atoms with Crippen molar-refractivity contribution < 1.29 is 14.3 Å². The van der Waals surface area contributed by atoms with Gasteiger partial charge in [0.05, 0.1) is 5.02 Å². The van der Waals surface area contributed by atoms with Crippen molar-refractivity contribution in [3.63, 3.8) is 0 Å². The quantitative estimate of drug-likeness (QED) is 0.800. The lowest BCUT2D eigenvalue weighted by Crippen LogP contribution is -2.31. The Morgan fingerprint density at radius 2 is 1.84 bits per heavy atom. The van der Waals surface area contributed by atoms with Gasteiger partial charge in [0.1, 0.15) is 23.1 Å². The predicted molar refractivity (Wildman–Crippen MR) is 71.8 cm³/mol. The molecule has 2 atom stereocenters. The number of hydrogen-bond acceptors (Lipinski definition) is 4. The van der Waals surface area contributed by atoms with Crippen LogP contribution >= 0.6 is 23.2 Å². The molecule has 7 heteroatoms. The number of pyridine rings is 1. The first-order valence-electron chi connectivity index (χ1n) is 5.73. The van der Waals surface area contributed by atoms with Crippen LogP contribution in [0.1, 0.15) is 10.5 Å². The van der Waals surface area contributed by atoms with Crippen LogP contribution < -0.4 is 0 Å². The second-order valence-corrected chi connectivity index (χ2v) is 5.02. The molecule has 1 aliphatic rings. The van der Waals surface area contributed by atoms with Gasteiger partial charge in [-0.05, 0) is 12.1 Å². The van der Waals surface area contributed by atoms with Gasteiger partial charge in [-0.25, -0.2) is 4.98 Å². The van der Waals surface area contributed by atoms with E-state index in [0.717, 1.165) is 0 Å². The molecule has 1 saturated heterocycles. The van der Waals surface area contributed by atoms with Gasteiger partial charge < -0.3 is 14.4 Å². The summed E-state index contributed by atoms with van der Waals surface area (Å²) >= 11 is 11.8. The summed E-state index contributed by atoms with van der Waals surface area (Å²) in [4.78, 5) is 17.9. The number of nitrogens with zero attached hydrogens (tertiary/aromatic N) is 2. The molecule has 2 heterocycles. The van der Waals surface area contributed by atoms with Gasteiger partial charge in [0, 0.05) is 27.3 Å². The normalized spacial score (nSPS) is 22.8. The lowest BCUT2D eigenvalue weighted by atomic mass is 10.3. The predicted octanol–water partition coefficient (Wildman–Crippen LogP) is 1.87. The van der Waals surface area contributed by atoms with Crippen molar-refractivity contribution in [3.05, 3.63) is 28.0 Å². The van der Waals surface area contributed by atoms with Crippen LogP contribution in [0.5, 0.6) is 0 Å². The zero-order valence-electron chi connectivity index (χ0n) is 10.6. The van der Waals surface area contributed by atoms with Crippen molar-refractivity contribution in [1.29, 1.82) is 0 Å². The molecule has 2 unspecified atom stereocenters. The number of methoxy groups -OCH3 is 2. The second-order valence-electron chi connectivity index (χ2n) is 4.22. The van der Waals surface area contributed by atoms with E-state index in [1.54, 1.807) is 31.3 Å². The third-order valence-corrected chi connectivity index (χ3v) is 3.64. The van der Waals surface area contributed by atoms with Crippen molar-refractivity contribution in [2.75, 3.05) is 27.3 Å². The Bertz CT molecular complexity index is 472. The Morgan fingerprint density at radius 1 is 1.26 bits per heavy atom. The number of amides is 1. The Hall–Kier alpha value is -0.880. The lowest BCUT2D eigenvalue weighted by molar-refractivity contribution is -0.00461. The van der Waals surface area contributed by atoms with E-state index in [9.17, 15) is 4.79 Å². The van der Waals surface area contributed by atoms with Gasteiger partial charge in [0.25, 0.3) is 5.91 Å². The van der Waals surface area contributed by atoms with E-state index in [-0.39, 0.29) is 34.0 Å². The van der Waals surface area contributed by atoms with E-state index in [2.05, 4.69) is 4.98 Å². The Kier molecular flexibility index (Phi) is 4.62. The third-order valence-electron chi connectivity index (χ3n) is 3.12. The zero-order valence-corrected chi connectivity index (χ0v) is 12.1. The van der Waals surface area contributed by atoms with Gasteiger partial charge in [-0.15, -0.1) is 0 Å². The summed E-state index contributed by atoms with van der Waals surface area (Å²) in [6.45, 7) is 0.886. The molecule has 5 nitrogen and oxygen atoms in total. The zero-order chi connectivity index (χ0) is 14.0. The van der Waals surface area contributed by atoms with Crippen molar-refractivity contribution in [3.8, 4) is 0 Å². The minimum atomic E-state index is -0.269. The average Bonchev–Trinajstić information content (AvgIpc) is 2.84. The first-order valence-corrected chi connectivity index (χ1v) is 6.49. The van der Waals surface area contributed by atoms with Gasteiger partial charge in [0.15, 0.2) is 0 Å². The van der Waals surface area contributed by atoms with E-state index < -0.39 is 0 Å². The fourth-order valence-corrected chi connectivity index (χ4v) is 2.41. The number of carbonyl (C=O) groups is 1. The number of likely N-dealkylation sites (tertiary alicyclic amines) is 1. The molecular formula is C12H14Cl2N2O3. The molecule has 0 bridgehead atoms. The number of halogens is 2. The van der Waals surface area contributed by atoms with Gasteiger partial charge in [-0.2, -0.15) is 0 Å². The number of rotatable bonds is 3. The molecule has 1 aliphatic heterocycles. The highest BCUT2D eigenvalue weighted by Crippen LogP contribution is 2.22. The fourth-order valence-electron chi connectivity index (χ4n) is 2.08. The molecule has 0 aromatic carbocycles. The van der Waals surface area contributed by atoms with Crippen LogP contribution in [-0.2, 0) is 9.47 Å². The van der Waals surface area contributed by atoms with Crippen molar-refractivity contribution in [1.82, 2.24) is 9.88 Å². The van der Waals surface area contributed by atoms with Crippen LogP contribution in [0.4, 0.5) is 0 Å². The van der Waals surface area contributed by atoms with E-state index in [0.29, 0.717) is 13.1 Å². The van der Waals surface area contributed by atoms with E-state index in [1.165, 1.54) is 0 Å². The maximum absolute atomic E-state index is 12.4. The van der Waals surface area contributed by atoms with Crippen LogP contribution in [0.3, 0.4) is 0 Å². The number of carbonyl (C=O) groups excluding carboxylic acids is 1. The van der Waals surface area contributed by atoms with Gasteiger partial charge >= 0.3 is 0 Å². The molecule has 104 valence electrons. The van der Waals surface area contributed by atoms with E-state index in [4.69, 9.17) is 32.7 Å². The SMILES string of the molecule is COC1CN(C(=O)c2nc(Cl)ccc2Cl)CC1OC. The lowest BCUT2D eigenvalue weighted by Gasteiger charge is -2.15. The van der Waals surface area contributed by atoms with E-state index >= 15 is 0 Å². The highest BCUT2D eigenvalue weighted by atomic mass is 35.5. The van der Waals surface area contributed by atoms with Gasteiger partial charge in [-0.3, -0.25) is 4.79 Å². The Balaban J connectivity index is 2.19. The Morgan fingerprint density at radius 3 is 2.37 bits per heavy atom. The standard InChI is InChI=1S/C12H14Cl2N2O3/c1-18-8-5-16(6-9(8)19-2)12(17)11-7(13)3-4-10(14)15-11/h3-4,8-9H,5-6H2,1-2H3. The molecule has 0 N–H and O–H groups in total. The molecule has 1 aromatic rings. The summed E-state index contributed by atoms with van der Waals surface area (Å²) in [6.07, 6.45) is -0.293. The minimum absolute atomic E-state index is 0.146. The van der Waals surface area contributed by atoms with Crippen LogP contribution in [0, 0.1) is 0 Å². The van der Waals surface area contributed by atoms with Crippen LogP contribution in [-0.4, -0.2) is 55.3 Å². The second kappa shape index (κ2) is 6.05. The monoisotopic (exact) mass is 304 g/mol.